The fourth-order valence-electron chi connectivity index (χ4n) is 2.77. The molecule has 0 saturated heterocycles. The minimum Gasteiger partial charge on any atom is -0.305 e. The molecule has 3 heteroatoms. The Morgan fingerprint density at radius 3 is 2.11 bits per heavy atom. The topological polar surface area (TPSA) is 24.9 Å². The summed E-state index contributed by atoms with van der Waals surface area (Å²) in [6.07, 6.45) is 7.02. The second-order valence-corrected chi connectivity index (χ2v) is 6.59. The van der Waals surface area contributed by atoms with Gasteiger partial charge in [-0.25, -0.2) is 4.98 Å². The smallest absolute Gasteiger partial charge is 0.113 e. The molecule has 0 aliphatic rings. The summed E-state index contributed by atoms with van der Waals surface area (Å²) < 4.78 is 0. The zero-order chi connectivity index (χ0) is 14.3. The van der Waals surface area contributed by atoms with E-state index in [1.807, 2.05) is 11.3 Å². The van der Waals surface area contributed by atoms with Crippen LogP contribution < -0.4 is 5.32 Å². The van der Waals surface area contributed by atoms with Gasteiger partial charge in [-0.1, -0.05) is 40.5 Å². The van der Waals surface area contributed by atoms with Gasteiger partial charge in [0.25, 0.3) is 0 Å². The van der Waals surface area contributed by atoms with Gasteiger partial charge in [-0.05, 0) is 39.2 Å². The summed E-state index contributed by atoms with van der Waals surface area (Å²) in [7, 11) is 0. The average molecular weight is 282 g/mol. The van der Waals surface area contributed by atoms with E-state index in [0.29, 0.717) is 0 Å². The molecule has 110 valence electrons. The largest absolute Gasteiger partial charge is 0.305 e. The monoisotopic (exact) mass is 282 g/mol. The molecule has 1 N–H and O–H groups in total. The van der Waals surface area contributed by atoms with Gasteiger partial charge in [0.2, 0.25) is 0 Å². The highest BCUT2D eigenvalue weighted by molar-refractivity contribution is 7.11. The van der Waals surface area contributed by atoms with E-state index in [-0.39, 0.29) is 5.54 Å². The maximum absolute atomic E-state index is 4.95. The Hall–Kier alpha value is -0.410. The third kappa shape index (κ3) is 4.03. The van der Waals surface area contributed by atoms with Crippen molar-refractivity contribution in [3.8, 4) is 0 Å². The molecular weight excluding hydrogens is 252 g/mol. The van der Waals surface area contributed by atoms with Crippen molar-refractivity contribution in [1.29, 1.82) is 0 Å². The zero-order valence-corrected chi connectivity index (χ0v) is 14.1. The summed E-state index contributed by atoms with van der Waals surface area (Å²) in [5.74, 6) is 0. The average Bonchev–Trinajstić information content (AvgIpc) is 2.78. The van der Waals surface area contributed by atoms with Gasteiger partial charge in [0.1, 0.15) is 5.01 Å². The lowest BCUT2D eigenvalue weighted by Gasteiger charge is -2.33. The lowest BCUT2D eigenvalue weighted by Crippen LogP contribution is -2.42. The summed E-state index contributed by atoms with van der Waals surface area (Å²) in [4.78, 5) is 6.34. The number of thiazole rings is 1. The van der Waals surface area contributed by atoms with Crippen molar-refractivity contribution in [3.05, 3.63) is 15.6 Å². The van der Waals surface area contributed by atoms with E-state index >= 15 is 0 Å². The molecule has 0 atom stereocenters. The first-order chi connectivity index (χ1) is 9.13. The van der Waals surface area contributed by atoms with Crippen molar-refractivity contribution in [2.45, 2.75) is 78.7 Å². The van der Waals surface area contributed by atoms with Crippen molar-refractivity contribution < 1.29 is 0 Å². The molecule has 0 amide bonds. The Bertz CT molecular complexity index is 365. The van der Waals surface area contributed by atoms with Crippen LogP contribution in [0.15, 0.2) is 0 Å². The number of hydrogen-bond acceptors (Lipinski definition) is 3. The first-order valence-electron chi connectivity index (χ1n) is 7.85. The third-order valence-electron chi connectivity index (χ3n) is 3.70. The van der Waals surface area contributed by atoms with Crippen molar-refractivity contribution in [2.75, 3.05) is 6.54 Å². The molecule has 19 heavy (non-hydrogen) atoms. The summed E-state index contributed by atoms with van der Waals surface area (Å²) in [6.45, 7) is 12.3. The van der Waals surface area contributed by atoms with Crippen LogP contribution in [0.4, 0.5) is 0 Å². The summed E-state index contributed by atoms with van der Waals surface area (Å²) >= 11 is 1.90. The third-order valence-corrected chi connectivity index (χ3v) is 4.92. The van der Waals surface area contributed by atoms with E-state index in [2.05, 4.69) is 39.9 Å². The number of hydrogen-bond donors (Lipinski definition) is 1. The Morgan fingerprint density at radius 1 is 1.05 bits per heavy atom. The van der Waals surface area contributed by atoms with Crippen molar-refractivity contribution >= 4 is 11.3 Å². The normalized spacial score (nSPS) is 12.1. The molecule has 0 aliphatic heterocycles. The molecule has 0 aliphatic carbocycles. The lowest BCUT2D eigenvalue weighted by molar-refractivity contribution is 0.279. The Balaban J connectivity index is 3.09. The molecule has 0 radical (unpaired) electrons. The van der Waals surface area contributed by atoms with Crippen molar-refractivity contribution in [1.82, 2.24) is 10.3 Å². The van der Waals surface area contributed by atoms with Crippen LogP contribution in [0.25, 0.3) is 0 Å². The number of nitrogens with one attached hydrogen (secondary N) is 1. The van der Waals surface area contributed by atoms with Crippen LogP contribution in [0.1, 0.15) is 75.4 Å². The molecule has 0 unspecified atom stereocenters. The van der Waals surface area contributed by atoms with Gasteiger partial charge < -0.3 is 5.32 Å². The van der Waals surface area contributed by atoms with E-state index in [1.165, 1.54) is 47.7 Å². The quantitative estimate of drug-likeness (QED) is 0.703. The second-order valence-electron chi connectivity index (χ2n) is 5.38. The lowest BCUT2D eigenvalue weighted by atomic mass is 9.89. The van der Waals surface area contributed by atoms with Gasteiger partial charge in [-0.15, -0.1) is 11.3 Å². The van der Waals surface area contributed by atoms with Crippen LogP contribution in [-0.2, 0) is 12.0 Å². The molecule has 0 aromatic carbocycles. The van der Waals surface area contributed by atoms with Gasteiger partial charge in [-0.3, -0.25) is 0 Å². The minimum atomic E-state index is 0.113. The first-order valence-corrected chi connectivity index (χ1v) is 8.66. The predicted molar refractivity (Wildman–Crippen MR) is 86.0 cm³/mol. The van der Waals surface area contributed by atoms with Crippen LogP contribution in [0.2, 0.25) is 0 Å². The molecule has 1 rings (SSSR count). The Morgan fingerprint density at radius 2 is 1.68 bits per heavy atom. The molecule has 1 aromatic heterocycles. The number of aryl methyl sites for hydroxylation is 2. The van der Waals surface area contributed by atoms with Gasteiger partial charge in [0.05, 0.1) is 11.2 Å². The van der Waals surface area contributed by atoms with E-state index in [4.69, 9.17) is 4.98 Å². The molecule has 1 heterocycles. The van der Waals surface area contributed by atoms with Gasteiger partial charge in [0, 0.05) is 4.88 Å². The van der Waals surface area contributed by atoms with E-state index < -0.39 is 0 Å². The summed E-state index contributed by atoms with van der Waals surface area (Å²) in [6, 6.07) is 0. The highest BCUT2D eigenvalue weighted by Crippen LogP contribution is 2.35. The van der Waals surface area contributed by atoms with Crippen molar-refractivity contribution in [2.24, 2.45) is 0 Å². The van der Waals surface area contributed by atoms with Crippen LogP contribution >= 0.6 is 11.3 Å². The van der Waals surface area contributed by atoms with Gasteiger partial charge in [0.15, 0.2) is 0 Å². The highest BCUT2D eigenvalue weighted by atomic mass is 32.1. The Kier molecular flexibility index (Phi) is 7.01. The number of aromatic nitrogens is 1. The summed E-state index contributed by atoms with van der Waals surface area (Å²) in [5, 5.41) is 5.13. The maximum atomic E-state index is 4.95. The van der Waals surface area contributed by atoms with Crippen LogP contribution in [0, 0.1) is 6.92 Å². The molecule has 0 bridgehead atoms. The fourth-order valence-corrected chi connectivity index (χ4v) is 4.00. The molecular formula is C16H30N2S. The standard InChI is InChI=1S/C16H30N2S/c1-6-10-16(11-7-2,17-12-8-3)15-18-14(9-4)13(5)19-15/h17H,6-12H2,1-5H3. The molecule has 0 fully saturated rings. The van der Waals surface area contributed by atoms with E-state index in [0.717, 1.165) is 13.0 Å². The van der Waals surface area contributed by atoms with Crippen LogP contribution in [0.3, 0.4) is 0 Å². The van der Waals surface area contributed by atoms with E-state index in [9.17, 15) is 0 Å². The minimum absolute atomic E-state index is 0.113. The van der Waals surface area contributed by atoms with E-state index in [1.54, 1.807) is 0 Å². The molecule has 1 aromatic rings. The van der Waals surface area contributed by atoms with Crippen LogP contribution in [-0.4, -0.2) is 11.5 Å². The SMILES string of the molecule is CCCNC(CCC)(CCC)c1nc(CC)c(C)s1. The fraction of sp³-hybridized carbons (Fsp3) is 0.812. The van der Waals surface area contributed by atoms with Crippen LogP contribution in [0.5, 0.6) is 0 Å². The van der Waals surface area contributed by atoms with Crippen molar-refractivity contribution in [3.63, 3.8) is 0 Å². The Labute approximate surface area is 123 Å². The second kappa shape index (κ2) is 8.01. The van der Waals surface area contributed by atoms with Gasteiger partial charge in [-0.2, -0.15) is 0 Å². The molecule has 0 saturated carbocycles. The maximum Gasteiger partial charge on any atom is 0.113 e. The van der Waals surface area contributed by atoms with Gasteiger partial charge >= 0.3 is 0 Å². The highest BCUT2D eigenvalue weighted by Gasteiger charge is 2.33. The predicted octanol–water partition coefficient (Wildman–Crippen LogP) is 4.81. The zero-order valence-electron chi connectivity index (χ0n) is 13.3. The molecule has 2 nitrogen and oxygen atoms in total. The first kappa shape index (κ1) is 16.6. The number of nitrogens with zero attached hydrogens (tertiary/aromatic N) is 1. The summed E-state index contributed by atoms with van der Waals surface area (Å²) in [5.41, 5.74) is 1.40. The number of rotatable bonds is 9. The molecule has 0 spiro atoms.